The zero-order chi connectivity index (χ0) is 32.5. The molecule has 248 valence electrons. The van der Waals surface area contributed by atoms with E-state index in [1.807, 2.05) is 36.4 Å². The molecule has 5 heteroatoms. The fourth-order valence-electron chi connectivity index (χ4n) is 10.4. The minimum Gasteiger partial charge on any atom is -0.497 e. The van der Waals surface area contributed by atoms with Crippen LogP contribution in [0.5, 0.6) is 5.75 Å². The van der Waals surface area contributed by atoms with Crippen molar-refractivity contribution in [3.8, 4) is 5.75 Å². The number of azo groups is 1. The van der Waals surface area contributed by atoms with E-state index in [0.29, 0.717) is 16.7 Å². The third kappa shape index (κ3) is 6.58. The van der Waals surface area contributed by atoms with Crippen LogP contribution >= 0.6 is 0 Å². The molecule has 0 heterocycles. The van der Waals surface area contributed by atoms with E-state index in [-0.39, 0.29) is 17.5 Å². The Morgan fingerprint density at radius 1 is 0.870 bits per heavy atom. The van der Waals surface area contributed by atoms with E-state index in [1.54, 1.807) is 24.8 Å². The third-order valence-corrected chi connectivity index (χ3v) is 13.0. The molecule has 0 saturated heterocycles. The summed E-state index contributed by atoms with van der Waals surface area (Å²) in [7, 11) is 1.64. The van der Waals surface area contributed by atoms with E-state index < -0.39 is 0 Å². The minimum absolute atomic E-state index is 0.0470. The zero-order valence-electron chi connectivity index (χ0n) is 29.1. The van der Waals surface area contributed by atoms with Crippen molar-refractivity contribution in [1.29, 1.82) is 0 Å². The lowest BCUT2D eigenvalue weighted by Gasteiger charge is -2.58. The van der Waals surface area contributed by atoms with Crippen LogP contribution in [0.2, 0.25) is 0 Å². The highest BCUT2D eigenvalue weighted by molar-refractivity contribution is 5.89. The summed E-state index contributed by atoms with van der Waals surface area (Å²) in [5.41, 5.74) is 4.33. The molecule has 6 rings (SSSR count). The standard InChI is InChI=1S/C41H56N2O3/c1-27(2)8-7-9-28(3)36-20-21-37-35-19-12-30-26-34(22-24-40(30,4)38(35)23-25-41(36,37)5)46-39(44)29-10-13-31(14-11-29)42-43-32-15-17-33(45-6)18-16-32/h10-18,27-28,34-38H,7-9,19-26H2,1-6H3/b43-42+. The van der Waals surface area contributed by atoms with Gasteiger partial charge in [-0.1, -0.05) is 65.5 Å². The van der Waals surface area contributed by atoms with E-state index in [1.165, 1.54) is 51.4 Å². The normalized spacial score (nSPS) is 32.8. The molecule has 0 N–H and O–H groups in total. The second-order valence-corrected chi connectivity index (χ2v) is 16.0. The number of benzene rings is 2. The van der Waals surface area contributed by atoms with Gasteiger partial charge in [-0.2, -0.15) is 10.2 Å². The molecule has 3 saturated carbocycles. The maximum atomic E-state index is 13.2. The monoisotopic (exact) mass is 624 g/mol. The Balaban J connectivity index is 1.05. The molecule has 0 amide bonds. The first-order chi connectivity index (χ1) is 22.1. The van der Waals surface area contributed by atoms with Crippen molar-refractivity contribution in [2.45, 2.75) is 111 Å². The van der Waals surface area contributed by atoms with Crippen molar-refractivity contribution >= 4 is 17.3 Å². The first-order valence-electron chi connectivity index (χ1n) is 18.2. The van der Waals surface area contributed by atoms with Gasteiger partial charge in [0.1, 0.15) is 11.9 Å². The number of hydrogen-bond donors (Lipinski definition) is 0. The van der Waals surface area contributed by atoms with Crippen LogP contribution in [-0.2, 0) is 4.74 Å². The van der Waals surface area contributed by atoms with Crippen molar-refractivity contribution in [3.63, 3.8) is 0 Å². The highest BCUT2D eigenvalue weighted by atomic mass is 16.5. The molecule has 46 heavy (non-hydrogen) atoms. The maximum Gasteiger partial charge on any atom is 0.338 e. The molecule has 0 aliphatic heterocycles. The van der Waals surface area contributed by atoms with Crippen LogP contribution < -0.4 is 4.74 Å². The van der Waals surface area contributed by atoms with Crippen molar-refractivity contribution in [1.82, 2.24) is 0 Å². The van der Waals surface area contributed by atoms with E-state index in [4.69, 9.17) is 9.47 Å². The number of hydrogen-bond acceptors (Lipinski definition) is 5. The van der Waals surface area contributed by atoms with Crippen LogP contribution in [0.1, 0.15) is 116 Å². The molecule has 2 aromatic rings. The van der Waals surface area contributed by atoms with Crippen molar-refractivity contribution in [2.75, 3.05) is 7.11 Å². The lowest BCUT2D eigenvalue weighted by molar-refractivity contribution is -0.0594. The predicted molar refractivity (Wildman–Crippen MR) is 186 cm³/mol. The summed E-state index contributed by atoms with van der Waals surface area (Å²) in [5.74, 6) is 5.56. The average Bonchev–Trinajstić information content (AvgIpc) is 3.41. The van der Waals surface area contributed by atoms with Gasteiger partial charge in [0.25, 0.3) is 0 Å². The minimum atomic E-state index is -0.241. The largest absolute Gasteiger partial charge is 0.497 e. The Hall–Kier alpha value is -2.95. The summed E-state index contributed by atoms with van der Waals surface area (Å²) in [4.78, 5) is 13.2. The average molecular weight is 625 g/mol. The molecule has 0 radical (unpaired) electrons. The van der Waals surface area contributed by atoms with Gasteiger partial charge < -0.3 is 9.47 Å². The smallest absolute Gasteiger partial charge is 0.338 e. The summed E-state index contributed by atoms with van der Waals surface area (Å²) in [6, 6.07) is 14.7. The maximum absolute atomic E-state index is 13.2. The number of esters is 1. The zero-order valence-corrected chi connectivity index (χ0v) is 29.1. The molecule has 4 aliphatic carbocycles. The van der Waals surface area contributed by atoms with Gasteiger partial charge in [0.15, 0.2) is 0 Å². The van der Waals surface area contributed by atoms with Gasteiger partial charge in [-0.25, -0.2) is 4.79 Å². The number of carbonyl (C=O) groups is 1. The summed E-state index contributed by atoms with van der Waals surface area (Å²) >= 11 is 0. The fraction of sp³-hybridized carbons (Fsp3) is 0.634. The van der Waals surface area contributed by atoms with Crippen molar-refractivity contribution in [3.05, 3.63) is 65.7 Å². The van der Waals surface area contributed by atoms with E-state index >= 15 is 0 Å². The van der Waals surface area contributed by atoms with Crippen LogP contribution in [0.3, 0.4) is 0 Å². The van der Waals surface area contributed by atoms with Gasteiger partial charge in [-0.3, -0.25) is 0 Å². The van der Waals surface area contributed by atoms with Crippen LogP contribution in [0, 0.1) is 46.3 Å². The Kier molecular flexibility index (Phi) is 9.78. The van der Waals surface area contributed by atoms with Gasteiger partial charge in [-0.05, 0) is 140 Å². The SMILES string of the molecule is COc1ccc(/N=N/c2ccc(C(=O)OC3CCC4(C)C(=CCC5C4CCC4(C)C(C(C)CCCC(C)C)CCC54)C3)cc2)cc1. The lowest BCUT2D eigenvalue weighted by Crippen LogP contribution is -2.51. The van der Waals surface area contributed by atoms with Crippen LogP contribution in [-0.4, -0.2) is 19.2 Å². The van der Waals surface area contributed by atoms with E-state index in [0.717, 1.165) is 66.2 Å². The fourth-order valence-corrected chi connectivity index (χ4v) is 10.4. The molecule has 0 spiro atoms. The molecule has 0 aromatic heterocycles. The number of fused-ring (bicyclic) bond motifs is 5. The quantitative estimate of drug-likeness (QED) is 0.150. The highest BCUT2D eigenvalue weighted by Gasteiger charge is 2.59. The van der Waals surface area contributed by atoms with Crippen molar-refractivity contribution in [2.24, 2.45) is 56.6 Å². The highest BCUT2D eigenvalue weighted by Crippen LogP contribution is 2.67. The molecular weight excluding hydrogens is 568 g/mol. The summed E-state index contributed by atoms with van der Waals surface area (Å²) < 4.78 is 11.3. The Bertz CT molecular complexity index is 1410. The second-order valence-electron chi connectivity index (χ2n) is 16.0. The van der Waals surface area contributed by atoms with Crippen molar-refractivity contribution < 1.29 is 14.3 Å². The molecular formula is C41H56N2O3. The first kappa shape index (κ1) is 33.0. The number of methoxy groups -OCH3 is 1. The molecule has 2 aromatic carbocycles. The number of ether oxygens (including phenoxy) is 2. The van der Waals surface area contributed by atoms with E-state index in [9.17, 15) is 4.79 Å². The molecule has 3 fully saturated rings. The number of carbonyl (C=O) groups excluding carboxylic acids is 1. The van der Waals surface area contributed by atoms with Gasteiger partial charge in [-0.15, -0.1) is 0 Å². The van der Waals surface area contributed by atoms with Gasteiger partial charge in [0.2, 0.25) is 0 Å². The lowest BCUT2D eigenvalue weighted by atomic mass is 9.47. The topological polar surface area (TPSA) is 60.2 Å². The molecule has 0 bridgehead atoms. The molecule has 8 atom stereocenters. The Labute approximate surface area is 277 Å². The number of nitrogens with zero attached hydrogens (tertiary/aromatic N) is 2. The van der Waals surface area contributed by atoms with Crippen LogP contribution in [0.25, 0.3) is 0 Å². The summed E-state index contributed by atoms with van der Waals surface area (Å²) in [6.45, 7) is 12.5. The van der Waals surface area contributed by atoms with E-state index in [2.05, 4.69) is 50.9 Å². The van der Waals surface area contributed by atoms with Gasteiger partial charge in [0, 0.05) is 6.42 Å². The number of rotatable bonds is 10. The number of allylic oxidation sites excluding steroid dienone is 1. The van der Waals surface area contributed by atoms with Crippen LogP contribution in [0.4, 0.5) is 11.4 Å². The second kappa shape index (κ2) is 13.6. The summed E-state index contributed by atoms with van der Waals surface area (Å²) in [6.07, 6.45) is 16.5. The molecule has 4 aliphatic rings. The Morgan fingerprint density at radius 3 is 2.24 bits per heavy atom. The first-order valence-corrected chi connectivity index (χ1v) is 18.2. The molecule has 8 unspecified atom stereocenters. The van der Waals surface area contributed by atoms with Gasteiger partial charge in [0.05, 0.1) is 24.0 Å². The Morgan fingerprint density at radius 2 is 1.57 bits per heavy atom. The van der Waals surface area contributed by atoms with Crippen LogP contribution in [0.15, 0.2) is 70.4 Å². The molecule has 5 nitrogen and oxygen atoms in total. The van der Waals surface area contributed by atoms with Gasteiger partial charge >= 0.3 is 5.97 Å². The summed E-state index contributed by atoms with van der Waals surface area (Å²) in [5, 5.41) is 8.60. The predicted octanol–water partition coefficient (Wildman–Crippen LogP) is 11.7. The third-order valence-electron chi connectivity index (χ3n) is 13.0.